The van der Waals surface area contributed by atoms with Crippen LogP contribution in [-0.4, -0.2) is 9.55 Å². The topological polar surface area (TPSA) is 17.8 Å². The number of aromatic nitrogens is 2. The number of imidazole rings is 1. The molecule has 1 unspecified atom stereocenters. The fraction of sp³-hybridized carbons (Fsp3) is 0.214. The zero-order valence-corrected chi connectivity index (χ0v) is 12.6. The fourth-order valence-electron chi connectivity index (χ4n) is 2.15. The van der Waals surface area contributed by atoms with Crippen molar-refractivity contribution in [3.63, 3.8) is 0 Å². The lowest BCUT2D eigenvalue weighted by atomic mass is 10.3. The van der Waals surface area contributed by atoms with Crippen molar-refractivity contribution in [1.82, 2.24) is 9.55 Å². The summed E-state index contributed by atoms with van der Waals surface area (Å²) in [5, 5.41) is 2.64. The lowest BCUT2D eigenvalue weighted by molar-refractivity contribution is 0.750. The quantitative estimate of drug-likeness (QED) is 0.615. The van der Waals surface area contributed by atoms with Crippen LogP contribution in [0.2, 0.25) is 5.02 Å². The van der Waals surface area contributed by atoms with Gasteiger partial charge in [-0.1, -0.05) is 17.7 Å². The summed E-state index contributed by atoms with van der Waals surface area (Å²) in [6.45, 7) is 2.73. The number of nitrogens with zero attached hydrogens (tertiary/aromatic N) is 2. The van der Waals surface area contributed by atoms with Gasteiger partial charge in [0.1, 0.15) is 5.82 Å². The van der Waals surface area contributed by atoms with Crippen molar-refractivity contribution >= 4 is 45.6 Å². The van der Waals surface area contributed by atoms with Gasteiger partial charge >= 0.3 is 0 Å². The van der Waals surface area contributed by atoms with Crippen LogP contribution in [0.4, 0.5) is 0 Å². The van der Waals surface area contributed by atoms with E-state index in [4.69, 9.17) is 23.2 Å². The molecule has 2 heterocycles. The first kappa shape index (κ1) is 13.0. The van der Waals surface area contributed by atoms with Crippen LogP contribution in [0, 0.1) is 0 Å². The Morgan fingerprint density at radius 2 is 2.21 bits per heavy atom. The maximum absolute atomic E-state index is 6.25. The molecule has 1 aromatic carbocycles. The first-order chi connectivity index (χ1) is 9.15. The zero-order chi connectivity index (χ0) is 13.4. The number of thiophene rings is 1. The summed E-state index contributed by atoms with van der Waals surface area (Å²) < 4.78 is 2.16. The number of halogens is 2. The minimum absolute atomic E-state index is 0.133. The molecule has 0 aliphatic carbocycles. The number of hydrogen-bond acceptors (Lipinski definition) is 2. The Balaban J connectivity index is 2.16. The molecule has 5 heteroatoms. The van der Waals surface area contributed by atoms with Gasteiger partial charge in [-0.05, 0) is 36.6 Å². The molecule has 0 saturated heterocycles. The van der Waals surface area contributed by atoms with E-state index >= 15 is 0 Å². The minimum atomic E-state index is -0.133. The van der Waals surface area contributed by atoms with Gasteiger partial charge in [-0.15, -0.1) is 22.9 Å². The van der Waals surface area contributed by atoms with Crippen molar-refractivity contribution in [2.24, 2.45) is 0 Å². The molecule has 3 aromatic rings. The molecule has 2 nitrogen and oxygen atoms in total. The minimum Gasteiger partial charge on any atom is -0.321 e. The first-order valence-electron chi connectivity index (χ1n) is 5.97. The maximum Gasteiger partial charge on any atom is 0.128 e. The Labute approximate surface area is 125 Å². The maximum atomic E-state index is 6.25. The van der Waals surface area contributed by atoms with Crippen LogP contribution in [0.1, 0.15) is 23.0 Å². The van der Waals surface area contributed by atoms with Gasteiger partial charge in [-0.2, -0.15) is 0 Å². The van der Waals surface area contributed by atoms with E-state index in [1.54, 1.807) is 11.3 Å². The number of hydrogen-bond donors (Lipinski definition) is 0. The van der Waals surface area contributed by atoms with Gasteiger partial charge in [0, 0.05) is 9.90 Å². The van der Waals surface area contributed by atoms with Crippen molar-refractivity contribution in [2.45, 2.75) is 18.8 Å². The molecule has 0 saturated carbocycles. The van der Waals surface area contributed by atoms with Crippen LogP contribution >= 0.6 is 34.5 Å². The number of alkyl halides is 1. The second-order valence-corrected chi connectivity index (χ2v) is 6.51. The van der Waals surface area contributed by atoms with Crippen LogP contribution < -0.4 is 0 Å². The molecular weight excluding hydrogens is 299 g/mol. The summed E-state index contributed by atoms with van der Waals surface area (Å²) in [5.41, 5.74) is 1.96. The third-order valence-corrected chi connectivity index (χ3v) is 4.28. The molecule has 0 bridgehead atoms. The van der Waals surface area contributed by atoms with Gasteiger partial charge in [0.25, 0.3) is 0 Å². The average molecular weight is 311 g/mol. The molecule has 0 fully saturated rings. The molecule has 19 heavy (non-hydrogen) atoms. The third-order valence-electron chi connectivity index (χ3n) is 2.99. The third kappa shape index (κ3) is 2.50. The van der Waals surface area contributed by atoms with Crippen LogP contribution in [0.25, 0.3) is 11.0 Å². The fourth-order valence-corrected chi connectivity index (χ4v) is 3.18. The Morgan fingerprint density at radius 3 is 2.89 bits per heavy atom. The van der Waals surface area contributed by atoms with E-state index in [1.165, 1.54) is 4.88 Å². The summed E-state index contributed by atoms with van der Waals surface area (Å²) >= 11 is 14.0. The average Bonchev–Trinajstić information content (AvgIpc) is 2.97. The van der Waals surface area contributed by atoms with E-state index < -0.39 is 0 Å². The molecule has 2 aromatic heterocycles. The summed E-state index contributed by atoms with van der Waals surface area (Å²) in [5.74, 6) is 0.882. The lowest BCUT2D eigenvalue weighted by Crippen LogP contribution is -2.04. The van der Waals surface area contributed by atoms with E-state index in [1.807, 2.05) is 25.1 Å². The summed E-state index contributed by atoms with van der Waals surface area (Å²) in [6, 6.07) is 9.94. The van der Waals surface area contributed by atoms with Crippen LogP contribution in [-0.2, 0) is 6.54 Å². The Kier molecular flexibility index (Phi) is 3.52. The molecule has 0 spiro atoms. The Morgan fingerprint density at radius 1 is 1.37 bits per heavy atom. The van der Waals surface area contributed by atoms with E-state index in [0.717, 1.165) is 23.4 Å². The molecule has 0 N–H and O–H groups in total. The highest BCUT2D eigenvalue weighted by atomic mass is 35.5. The number of benzene rings is 1. The zero-order valence-electron chi connectivity index (χ0n) is 10.3. The van der Waals surface area contributed by atoms with Crippen molar-refractivity contribution in [2.75, 3.05) is 0 Å². The number of rotatable bonds is 3. The normalized spacial score (nSPS) is 13.0. The molecule has 0 aliphatic rings. The largest absolute Gasteiger partial charge is 0.321 e. The van der Waals surface area contributed by atoms with Gasteiger partial charge in [0.2, 0.25) is 0 Å². The van der Waals surface area contributed by atoms with E-state index in [9.17, 15) is 0 Å². The van der Waals surface area contributed by atoms with Gasteiger partial charge in [0.05, 0.1) is 23.0 Å². The van der Waals surface area contributed by atoms with Gasteiger partial charge in [-0.25, -0.2) is 4.98 Å². The second kappa shape index (κ2) is 5.16. The SMILES string of the molecule is CC(Cl)c1nc2cc(Cl)ccc2n1Cc1cccs1. The molecule has 0 amide bonds. The molecular formula is C14H12Cl2N2S. The van der Waals surface area contributed by atoms with Crippen LogP contribution in [0.15, 0.2) is 35.7 Å². The smallest absolute Gasteiger partial charge is 0.128 e. The molecule has 1 atom stereocenters. The van der Waals surface area contributed by atoms with Gasteiger partial charge in [0.15, 0.2) is 0 Å². The second-order valence-electron chi connectivity index (χ2n) is 4.38. The highest BCUT2D eigenvalue weighted by Crippen LogP contribution is 2.27. The van der Waals surface area contributed by atoms with E-state index in [-0.39, 0.29) is 5.38 Å². The summed E-state index contributed by atoms with van der Waals surface area (Å²) in [4.78, 5) is 5.89. The number of fused-ring (bicyclic) bond motifs is 1. The van der Waals surface area contributed by atoms with Crippen LogP contribution in [0.5, 0.6) is 0 Å². The molecule has 3 rings (SSSR count). The summed E-state index contributed by atoms with van der Waals surface area (Å²) in [6.07, 6.45) is 0. The van der Waals surface area contributed by atoms with Crippen molar-refractivity contribution < 1.29 is 0 Å². The lowest BCUT2D eigenvalue weighted by Gasteiger charge is -2.09. The van der Waals surface area contributed by atoms with E-state index in [0.29, 0.717) is 5.02 Å². The highest BCUT2D eigenvalue weighted by Gasteiger charge is 2.15. The molecule has 0 aliphatic heterocycles. The summed E-state index contributed by atoms with van der Waals surface area (Å²) in [7, 11) is 0. The standard InChI is InChI=1S/C14H12Cl2N2S/c1-9(15)14-17-12-7-10(16)4-5-13(12)18(14)8-11-3-2-6-19-11/h2-7,9H,8H2,1H3. The predicted octanol–water partition coefficient (Wildman–Crippen LogP) is 5.10. The Bertz CT molecular complexity index is 702. The predicted molar refractivity (Wildman–Crippen MR) is 82.4 cm³/mol. The van der Waals surface area contributed by atoms with Gasteiger partial charge < -0.3 is 4.57 Å². The van der Waals surface area contributed by atoms with Crippen molar-refractivity contribution in [1.29, 1.82) is 0 Å². The highest BCUT2D eigenvalue weighted by molar-refractivity contribution is 7.09. The van der Waals surface area contributed by atoms with Crippen LogP contribution in [0.3, 0.4) is 0 Å². The van der Waals surface area contributed by atoms with Crippen molar-refractivity contribution in [3.05, 3.63) is 51.4 Å². The van der Waals surface area contributed by atoms with Crippen molar-refractivity contribution in [3.8, 4) is 0 Å². The molecule has 0 radical (unpaired) electrons. The first-order valence-corrected chi connectivity index (χ1v) is 7.66. The Hall–Kier alpha value is -1.03. The monoisotopic (exact) mass is 310 g/mol. The van der Waals surface area contributed by atoms with Gasteiger partial charge in [-0.3, -0.25) is 0 Å². The molecule has 98 valence electrons. The van der Waals surface area contributed by atoms with E-state index in [2.05, 4.69) is 27.1 Å².